The number of rotatable bonds is 14. The van der Waals surface area contributed by atoms with E-state index in [4.69, 9.17) is 23.7 Å². The largest absolute Gasteiger partial charge is 1.00 e. The van der Waals surface area contributed by atoms with Gasteiger partial charge in [-0.15, -0.1) is 0 Å². The van der Waals surface area contributed by atoms with Crippen molar-refractivity contribution in [3.63, 3.8) is 0 Å². The average molecular weight is 1170 g/mol. The first-order valence-corrected chi connectivity index (χ1v) is 26.2. The van der Waals surface area contributed by atoms with Gasteiger partial charge >= 0.3 is 55.5 Å². The van der Waals surface area contributed by atoms with Gasteiger partial charge in [0.15, 0.2) is 23.0 Å². The van der Waals surface area contributed by atoms with Gasteiger partial charge in [-0.1, -0.05) is 26.0 Å². The number of carboxylic acids is 1. The molecule has 4 aliphatic heterocycles. The number of likely N-dealkylation sites (tertiary alicyclic amines) is 2. The van der Waals surface area contributed by atoms with E-state index in [0.717, 1.165) is 36.8 Å². The van der Waals surface area contributed by atoms with Crippen molar-refractivity contribution in [3.05, 3.63) is 117 Å². The van der Waals surface area contributed by atoms with Gasteiger partial charge in [0.2, 0.25) is 0 Å². The Morgan fingerprint density at radius 2 is 0.915 bits per heavy atom. The second kappa shape index (κ2) is 25.1. The van der Waals surface area contributed by atoms with E-state index in [9.17, 15) is 67.4 Å². The molecule has 25 heteroatoms. The summed E-state index contributed by atoms with van der Waals surface area (Å²) in [6.45, 7) is 8.36. The summed E-state index contributed by atoms with van der Waals surface area (Å²) in [5.41, 5.74) is -3.37. The fourth-order valence-electron chi connectivity index (χ4n) is 11.7. The van der Waals surface area contributed by atoms with Crippen LogP contribution in [0, 0.1) is 35.5 Å². The Kier molecular flexibility index (Phi) is 20.1. The van der Waals surface area contributed by atoms with Crippen molar-refractivity contribution in [3.8, 4) is 23.0 Å². The molecule has 4 N–H and O–H groups in total. The molecule has 10 rings (SSSR count). The van der Waals surface area contributed by atoms with Crippen LogP contribution in [0.25, 0.3) is 0 Å². The van der Waals surface area contributed by atoms with Crippen molar-refractivity contribution in [1.29, 1.82) is 0 Å². The summed E-state index contributed by atoms with van der Waals surface area (Å²) >= 11 is 0. The third kappa shape index (κ3) is 14.2. The molecule has 12 nitrogen and oxygen atoms in total. The summed E-state index contributed by atoms with van der Waals surface area (Å²) in [6, 6.07) is 12.5. The molecule has 4 aromatic carbocycles. The molecular weight excluding hydrogens is 1110 g/mol. The Balaban J connectivity index is 0.000000254. The van der Waals surface area contributed by atoms with Crippen LogP contribution in [0.2, 0.25) is 0 Å². The summed E-state index contributed by atoms with van der Waals surface area (Å²) in [7, 11) is 1.37. The molecule has 0 bridgehead atoms. The Bertz CT molecular complexity index is 2890. The minimum absolute atomic E-state index is 0. The van der Waals surface area contributed by atoms with Crippen LogP contribution in [-0.4, -0.2) is 96.5 Å². The number of carbonyl (C=O) groups excluding carboxylic acids is 1. The smallest absolute Gasteiger partial charge is 0.870 e. The van der Waals surface area contributed by atoms with Gasteiger partial charge in [-0.3, -0.25) is 19.4 Å². The second-order valence-corrected chi connectivity index (χ2v) is 21.9. The number of halogens is 12. The van der Waals surface area contributed by atoms with Crippen LogP contribution < -0.4 is 37.8 Å². The monoisotopic (exact) mass is 1170 g/mol. The molecule has 0 amide bonds. The first-order chi connectivity index (χ1) is 37.0. The van der Waals surface area contributed by atoms with Crippen molar-refractivity contribution in [2.24, 2.45) is 35.5 Å². The number of nitrogens with zero attached hydrogens (tertiary/aromatic N) is 2. The number of aliphatic carboxylic acids is 1. The molecule has 8 atom stereocenters. The third-order valence-electron chi connectivity index (χ3n) is 16.7. The molecule has 4 aromatic rings. The van der Waals surface area contributed by atoms with Gasteiger partial charge < -0.3 is 39.7 Å². The molecule has 82 heavy (non-hydrogen) atoms. The third-order valence-corrected chi connectivity index (χ3v) is 16.7. The maximum atomic E-state index is 13.6. The molecule has 0 spiro atoms. The first kappa shape index (κ1) is 65.8. The maximum absolute atomic E-state index is 13.6. The van der Waals surface area contributed by atoms with Gasteiger partial charge in [0.05, 0.1) is 41.2 Å². The van der Waals surface area contributed by atoms with Crippen molar-refractivity contribution in [2.45, 2.75) is 114 Å². The van der Waals surface area contributed by atoms with Crippen LogP contribution in [0.5, 0.6) is 23.0 Å². The summed E-state index contributed by atoms with van der Waals surface area (Å²) in [6.07, 6.45) is -15.8. The van der Waals surface area contributed by atoms with Crippen LogP contribution >= 0.6 is 0 Å². The zero-order valence-corrected chi connectivity index (χ0v) is 45.6. The first-order valence-electron chi connectivity index (χ1n) is 26.2. The summed E-state index contributed by atoms with van der Waals surface area (Å²) in [4.78, 5) is 27.4. The van der Waals surface area contributed by atoms with Gasteiger partial charge in [0.1, 0.15) is 25.4 Å². The average Bonchev–Trinajstić information content (AvgIpc) is 4.33. The predicted molar refractivity (Wildman–Crippen MR) is 267 cm³/mol. The number of benzene rings is 4. The van der Waals surface area contributed by atoms with E-state index in [0.29, 0.717) is 97.4 Å². The van der Waals surface area contributed by atoms with Crippen LogP contribution in [0.15, 0.2) is 72.8 Å². The molecule has 2 aliphatic carbocycles. The quantitative estimate of drug-likeness (QED) is 0.0725. The predicted octanol–water partition coefficient (Wildman–Crippen LogP) is 9.63. The van der Waals surface area contributed by atoms with Crippen molar-refractivity contribution in [1.82, 2.24) is 9.80 Å². The topological polar surface area (TPSA) is 168 Å². The maximum Gasteiger partial charge on any atom is 1.00 e. The van der Waals surface area contributed by atoms with Crippen LogP contribution in [-0.2, 0) is 39.0 Å². The zero-order chi connectivity index (χ0) is 57.3. The molecule has 2 saturated heterocycles. The van der Waals surface area contributed by atoms with Crippen LogP contribution in [0.4, 0.5) is 52.7 Å². The number of ether oxygens (including phenoxy) is 5. The van der Waals surface area contributed by atoms with Crippen LogP contribution in [0.3, 0.4) is 0 Å². The van der Waals surface area contributed by atoms with Gasteiger partial charge in [-0.05, 0) is 146 Å². The summed E-state index contributed by atoms with van der Waals surface area (Å²) in [5, 5.41) is 9.57. The summed E-state index contributed by atoms with van der Waals surface area (Å²) in [5.74, 6) is 0.472. The molecule has 4 heterocycles. The van der Waals surface area contributed by atoms with Crippen molar-refractivity contribution < 1.29 is 121 Å². The molecule has 0 radical (unpaired) electrons. The molecule has 0 aromatic heterocycles. The van der Waals surface area contributed by atoms with E-state index < -0.39 is 88.2 Å². The molecule has 2 saturated carbocycles. The standard InChI is InChI=1S/C29H31F6NO4.C28H29F6NO4.Li.2H2O/c1-15(27(37)38-3)26(17-4-5-17)18-6-9-23-24(10-18)40-25(14-39-23)19-12-36(13-19)16(2)21-11-20(28(30,31)32)7-8-22(21)29(33,34)35;1-14(26(36)37)25(16-3-4-16)17-5-8-22-23(9-17)39-24(13-38-22)18-11-35(12-18)15(2)20-10-19(27(29,30)31)6-7-21(20)28(32,33)34;;;/h6-11,15-17,19,25-26H,4-5,12-14H2,1-3H3;5-10,14-16,18,24-25H,3-4,11-13H2,1-2H3,(H,36,37);;2*1H2/q;;+1;;/p-1/t15-,16+,25-,26-;14-,15+,24-,25-;;;/m00.../s1. The summed E-state index contributed by atoms with van der Waals surface area (Å²) < 4.78 is 190. The molecule has 0 unspecified atom stereocenters. The number of esters is 1. The Hall–Kier alpha value is -5.38. The number of methoxy groups -OCH3 is 1. The van der Waals surface area contributed by atoms with Crippen molar-refractivity contribution >= 4 is 11.9 Å². The number of hydrogen-bond acceptors (Lipinski definition) is 10. The number of hydrogen-bond donors (Lipinski definition) is 1. The molecular formula is C57H63F12LiN2O10. The van der Waals surface area contributed by atoms with E-state index in [1.165, 1.54) is 21.0 Å². The van der Waals surface area contributed by atoms with Gasteiger partial charge in [0, 0.05) is 50.1 Å². The number of carbonyl (C=O) groups is 2. The fraction of sp³-hybridized carbons (Fsp3) is 0.544. The van der Waals surface area contributed by atoms with Gasteiger partial charge in [0.25, 0.3) is 0 Å². The van der Waals surface area contributed by atoms with Gasteiger partial charge in [-0.25, -0.2) is 0 Å². The Morgan fingerprint density at radius 3 is 1.23 bits per heavy atom. The van der Waals surface area contributed by atoms with E-state index in [1.54, 1.807) is 22.8 Å². The fourth-order valence-corrected chi connectivity index (χ4v) is 11.7. The molecule has 6 aliphatic rings. The molecule has 446 valence electrons. The normalized spacial score (nSPS) is 21.6. The number of carboxylic acid groups (broad SMARTS) is 1. The van der Waals surface area contributed by atoms with E-state index in [1.807, 2.05) is 37.3 Å². The van der Waals surface area contributed by atoms with E-state index >= 15 is 0 Å². The SMILES string of the molecule is COC(=O)[C@@H](C)[C@H](c1ccc2c(c1)O[C@H](C1CN([C@H](C)c3cc(C(F)(F)F)ccc3C(F)(F)F)C1)CO2)C1CC1.C[C@H](C(=O)O)[C@H](c1ccc2c(c1)O[C@H](C1CN([C@H](C)c3cc(C(F)(F)F)ccc3C(F)(F)F)C1)CO2)C1CC1.O.[Li+].[OH-]. The minimum Gasteiger partial charge on any atom is -0.870 e. The number of fused-ring (bicyclic) bond motifs is 2. The van der Waals surface area contributed by atoms with Crippen molar-refractivity contribution in [2.75, 3.05) is 46.5 Å². The minimum atomic E-state index is -4.78. The Morgan fingerprint density at radius 1 is 0.549 bits per heavy atom. The van der Waals surface area contributed by atoms with Gasteiger partial charge in [-0.2, -0.15) is 52.7 Å². The molecule has 4 fully saturated rings. The van der Waals surface area contributed by atoms with E-state index in [-0.39, 0.29) is 84.7 Å². The van der Waals surface area contributed by atoms with E-state index in [2.05, 4.69) is 0 Å². The number of alkyl halides is 12. The Labute approximate surface area is 477 Å². The second-order valence-electron chi connectivity index (χ2n) is 21.9. The zero-order valence-electron chi connectivity index (χ0n) is 45.6. The van der Waals surface area contributed by atoms with Crippen LogP contribution in [0.1, 0.15) is 122 Å².